The maximum Gasteiger partial charge on any atom is 0.341 e. The van der Waals surface area contributed by atoms with Crippen molar-refractivity contribution in [1.82, 2.24) is 9.88 Å². The summed E-state index contributed by atoms with van der Waals surface area (Å²) in [5.41, 5.74) is 3.84. The van der Waals surface area contributed by atoms with Gasteiger partial charge in [0.15, 0.2) is 12.5 Å². The molecule has 0 radical (unpaired) electrons. The summed E-state index contributed by atoms with van der Waals surface area (Å²) >= 11 is 0. The first-order valence-corrected chi connectivity index (χ1v) is 10.6. The molecule has 34 heavy (non-hydrogen) atoms. The summed E-state index contributed by atoms with van der Waals surface area (Å²) in [6, 6.07) is 18.8. The molecule has 7 nitrogen and oxygen atoms in total. The summed E-state index contributed by atoms with van der Waals surface area (Å²) in [4.78, 5) is 20.5. The Balaban J connectivity index is 1.80. The van der Waals surface area contributed by atoms with Crippen molar-refractivity contribution in [3.05, 3.63) is 89.2 Å². The Morgan fingerprint density at radius 3 is 2.41 bits per heavy atom. The number of hydrogen-bond acceptors (Lipinski definition) is 5. The molecule has 4 aromatic rings. The van der Waals surface area contributed by atoms with Crippen LogP contribution in [0.5, 0.6) is 11.6 Å². The third kappa shape index (κ3) is 5.24. The standard InChI is InChI=1S/C26H24FN3O4/c1-30(2)14-16-3-8-19(9-4-16)28-25(17-5-10-20(11-6-17)34-15-23(31)32)24-21-12-7-18(27)13-22(21)29-26(24)33/h3-13,29,33H,14-15H2,1-2H3,(H,31,32). The highest BCUT2D eigenvalue weighted by atomic mass is 19.1. The fourth-order valence-corrected chi connectivity index (χ4v) is 3.68. The number of hydrogen-bond donors (Lipinski definition) is 3. The van der Waals surface area contributed by atoms with Crippen LogP contribution in [0.1, 0.15) is 16.7 Å². The number of aliphatic imine (C=N–C) groups is 1. The lowest BCUT2D eigenvalue weighted by molar-refractivity contribution is -0.139. The number of nitrogens with zero attached hydrogens (tertiary/aromatic N) is 2. The Labute approximate surface area is 195 Å². The van der Waals surface area contributed by atoms with Gasteiger partial charge in [-0.1, -0.05) is 12.1 Å². The first-order chi connectivity index (χ1) is 16.3. The highest BCUT2D eigenvalue weighted by Gasteiger charge is 2.19. The molecule has 0 atom stereocenters. The largest absolute Gasteiger partial charge is 0.494 e. The maximum atomic E-state index is 13.8. The van der Waals surface area contributed by atoms with Crippen LogP contribution >= 0.6 is 0 Å². The molecule has 0 aliphatic carbocycles. The summed E-state index contributed by atoms with van der Waals surface area (Å²) in [5.74, 6) is -1.23. The van der Waals surface area contributed by atoms with E-state index in [4.69, 9.17) is 14.8 Å². The number of aliphatic carboxylic acids is 1. The van der Waals surface area contributed by atoms with Crippen molar-refractivity contribution in [1.29, 1.82) is 0 Å². The SMILES string of the molecule is CN(C)Cc1ccc(N=C(c2ccc(OCC(=O)O)cc2)c2c(O)[nH]c3cc(F)ccc23)cc1. The van der Waals surface area contributed by atoms with E-state index in [0.29, 0.717) is 39.2 Å². The van der Waals surface area contributed by atoms with Gasteiger partial charge < -0.3 is 24.8 Å². The van der Waals surface area contributed by atoms with E-state index in [1.807, 2.05) is 38.4 Å². The molecule has 8 heteroatoms. The zero-order valence-corrected chi connectivity index (χ0v) is 18.7. The minimum Gasteiger partial charge on any atom is -0.494 e. The zero-order chi connectivity index (χ0) is 24.2. The Morgan fingerprint density at radius 2 is 1.76 bits per heavy atom. The molecular weight excluding hydrogens is 437 g/mol. The quantitative estimate of drug-likeness (QED) is 0.330. The number of carbonyl (C=O) groups is 1. The lowest BCUT2D eigenvalue weighted by Crippen LogP contribution is -2.10. The number of fused-ring (bicyclic) bond motifs is 1. The molecule has 0 bridgehead atoms. The van der Waals surface area contributed by atoms with Crippen LogP contribution in [0.25, 0.3) is 10.9 Å². The van der Waals surface area contributed by atoms with Crippen LogP contribution in [0.3, 0.4) is 0 Å². The van der Waals surface area contributed by atoms with E-state index >= 15 is 0 Å². The molecular formula is C26H24FN3O4. The van der Waals surface area contributed by atoms with Gasteiger partial charge in [0.05, 0.1) is 22.5 Å². The van der Waals surface area contributed by atoms with Gasteiger partial charge in [-0.15, -0.1) is 0 Å². The third-order valence-corrected chi connectivity index (χ3v) is 5.14. The normalized spacial score (nSPS) is 11.8. The molecule has 0 saturated heterocycles. The van der Waals surface area contributed by atoms with Crippen LogP contribution in [0, 0.1) is 5.82 Å². The molecule has 0 spiro atoms. The van der Waals surface area contributed by atoms with E-state index in [-0.39, 0.29) is 5.88 Å². The molecule has 4 rings (SSSR count). The van der Waals surface area contributed by atoms with E-state index in [9.17, 15) is 14.3 Å². The average molecular weight is 461 g/mol. The summed E-state index contributed by atoms with van der Waals surface area (Å²) in [7, 11) is 3.99. The number of H-pyrrole nitrogens is 1. The van der Waals surface area contributed by atoms with Crippen molar-refractivity contribution in [2.24, 2.45) is 4.99 Å². The number of aromatic nitrogens is 1. The Morgan fingerprint density at radius 1 is 1.06 bits per heavy atom. The molecule has 0 saturated carbocycles. The van der Waals surface area contributed by atoms with Gasteiger partial charge in [-0.2, -0.15) is 0 Å². The van der Waals surface area contributed by atoms with E-state index in [0.717, 1.165) is 12.1 Å². The van der Waals surface area contributed by atoms with E-state index < -0.39 is 18.4 Å². The number of benzene rings is 3. The second-order valence-corrected chi connectivity index (χ2v) is 8.11. The number of carboxylic acid groups (broad SMARTS) is 1. The van der Waals surface area contributed by atoms with Gasteiger partial charge >= 0.3 is 5.97 Å². The van der Waals surface area contributed by atoms with Gasteiger partial charge in [0.25, 0.3) is 0 Å². The van der Waals surface area contributed by atoms with Crippen LogP contribution in [-0.4, -0.2) is 52.5 Å². The van der Waals surface area contributed by atoms with E-state index in [2.05, 4.69) is 9.88 Å². The summed E-state index contributed by atoms with van der Waals surface area (Å²) in [6.45, 7) is 0.345. The molecule has 0 amide bonds. The first kappa shape index (κ1) is 23.0. The molecule has 1 aromatic heterocycles. The van der Waals surface area contributed by atoms with Crippen molar-refractivity contribution in [3.8, 4) is 11.6 Å². The van der Waals surface area contributed by atoms with Crippen molar-refractivity contribution in [2.75, 3.05) is 20.7 Å². The number of ether oxygens (including phenoxy) is 1. The zero-order valence-electron chi connectivity index (χ0n) is 18.7. The highest BCUT2D eigenvalue weighted by molar-refractivity contribution is 6.21. The van der Waals surface area contributed by atoms with Crippen LogP contribution in [-0.2, 0) is 11.3 Å². The number of nitrogens with one attached hydrogen (secondary N) is 1. The third-order valence-electron chi connectivity index (χ3n) is 5.14. The summed E-state index contributed by atoms with van der Waals surface area (Å²) < 4.78 is 19.0. The van der Waals surface area contributed by atoms with Crippen molar-refractivity contribution >= 4 is 28.3 Å². The van der Waals surface area contributed by atoms with E-state index in [1.165, 1.54) is 12.1 Å². The summed E-state index contributed by atoms with van der Waals surface area (Å²) in [6.07, 6.45) is 0. The van der Waals surface area contributed by atoms with Crippen LogP contribution < -0.4 is 4.74 Å². The molecule has 0 aliphatic heterocycles. The minimum atomic E-state index is -1.07. The Kier molecular flexibility index (Phi) is 6.60. The molecule has 174 valence electrons. The molecule has 0 unspecified atom stereocenters. The number of carboxylic acids is 1. The smallest absolute Gasteiger partial charge is 0.341 e. The van der Waals surface area contributed by atoms with E-state index in [1.54, 1.807) is 30.3 Å². The van der Waals surface area contributed by atoms with Gasteiger partial charge in [0.2, 0.25) is 0 Å². The van der Waals surface area contributed by atoms with Crippen molar-refractivity contribution < 1.29 is 24.1 Å². The predicted octanol–water partition coefficient (Wildman–Crippen LogP) is 4.71. The Bertz CT molecular complexity index is 1340. The topological polar surface area (TPSA) is 98.2 Å². The van der Waals surface area contributed by atoms with Crippen molar-refractivity contribution in [2.45, 2.75) is 6.54 Å². The van der Waals surface area contributed by atoms with Crippen LogP contribution in [0.4, 0.5) is 10.1 Å². The first-order valence-electron chi connectivity index (χ1n) is 10.6. The molecule has 3 N–H and O–H groups in total. The highest BCUT2D eigenvalue weighted by Crippen LogP contribution is 2.32. The van der Waals surface area contributed by atoms with Gasteiger partial charge in [0.1, 0.15) is 11.6 Å². The lowest BCUT2D eigenvalue weighted by Gasteiger charge is -2.11. The molecule has 1 heterocycles. The average Bonchev–Trinajstić information content (AvgIpc) is 3.11. The van der Waals surface area contributed by atoms with Gasteiger partial charge in [-0.3, -0.25) is 0 Å². The second-order valence-electron chi connectivity index (χ2n) is 8.11. The maximum absolute atomic E-state index is 13.8. The second kappa shape index (κ2) is 9.76. The lowest BCUT2D eigenvalue weighted by atomic mass is 10.0. The Hall–Kier alpha value is -4.17. The minimum absolute atomic E-state index is 0.130. The molecule has 0 aliphatic rings. The van der Waals surface area contributed by atoms with Crippen LogP contribution in [0.15, 0.2) is 71.7 Å². The molecule has 3 aromatic carbocycles. The number of halogens is 1. The number of rotatable bonds is 8. The molecule has 0 fully saturated rings. The number of aromatic amines is 1. The predicted molar refractivity (Wildman–Crippen MR) is 129 cm³/mol. The van der Waals surface area contributed by atoms with Crippen molar-refractivity contribution in [3.63, 3.8) is 0 Å². The van der Waals surface area contributed by atoms with Gasteiger partial charge in [-0.05, 0) is 74.3 Å². The summed E-state index contributed by atoms with van der Waals surface area (Å²) in [5, 5.41) is 20.2. The fraction of sp³-hybridized carbons (Fsp3) is 0.154. The number of aromatic hydroxyl groups is 1. The fourth-order valence-electron chi connectivity index (χ4n) is 3.68. The monoisotopic (exact) mass is 461 g/mol. The van der Waals surface area contributed by atoms with Gasteiger partial charge in [0, 0.05) is 17.5 Å². The van der Waals surface area contributed by atoms with Crippen LogP contribution in [0.2, 0.25) is 0 Å². The van der Waals surface area contributed by atoms with Gasteiger partial charge in [-0.25, -0.2) is 14.2 Å².